The molecule has 2 aromatic rings. The number of anilines is 1. The van der Waals surface area contributed by atoms with Crippen molar-refractivity contribution in [3.63, 3.8) is 0 Å². The number of ether oxygens (including phenoxy) is 1. The second-order valence-electron chi connectivity index (χ2n) is 5.84. The van der Waals surface area contributed by atoms with E-state index in [4.69, 9.17) is 17.0 Å². The van der Waals surface area contributed by atoms with Crippen LogP contribution in [-0.2, 0) is 5.54 Å². The van der Waals surface area contributed by atoms with Crippen LogP contribution in [0.25, 0.3) is 0 Å². The van der Waals surface area contributed by atoms with E-state index in [-0.39, 0.29) is 5.54 Å². The van der Waals surface area contributed by atoms with Crippen LogP contribution in [0.1, 0.15) is 31.2 Å². The zero-order valence-corrected chi connectivity index (χ0v) is 14.0. The lowest BCUT2D eigenvalue weighted by Gasteiger charge is -2.32. The summed E-state index contributed by atoms with van der Waals surface area (Å²) < 4.78 is 5.25. The molecule has 1 aliphatic rings. The predicted molar refractivity (Wildman–Crippen MR) is 96.7 cm³/mol. The van der Waals surface area contributed by atoms with Gasteiger partial charge in [0.15, 0.2) is 5.11 Å². The second kappa shape index (κ2) is 6.96. The molecule has 3 rings (SSSR count). The zero-order chi connectivity index (χ0) is 16.1. The topological polar surface area (TPSA) is 46.2 Å². The second-order valence-corrected chi connectivity index (χ2v) is 6.25. The summed E-state index contributed by atoms with van der Waals surface area (Å²) >= 11 is 5.54. The molecule has 0 bridgehead atoms. The number of benzene rings is 1. The number of thiocarbonyl (C=S) groups is 1. The van der Waals surface area contributed by atoms with Gasteiger partial charge in [0.2, 0.25) is 0 Å². The van der Waals surface area contributed by atoms with E-state index in [0.717, 1.165) is 24.3 Å². The molecule has 1 aromatic heterocycles. The third kappa shape index (κ3) is 3.62. The smallest absolute Gasteiger partial charge is 0.171 e. The minimum atomic E-state index is -0.114. The Bertz CT molecular complexity index is 669. The average Bonchev–Trinajstić information content (AvgIpc) is 3.05. The van der Waals surface area contributed by atoms with Crippen molar-refractivity contribution in [1.29, 1.82) is 0 Å². The molecule has 120 valence electrons. The van der Waals surface area contributed by atoms with Crippen LogP contribution in [0.15, 0.2) is 48.8 Å². The van der Waals surface area contributed by atoms with Crippen molar-refractivity contribution >= 4 is 23.0 Å². The lowest BCUT2D eigenvalue weighted by molar-refractivity contribution is 0.407. The number of nitrogens with zero attached hydrogens (tertiary/aromatic N) is 1. The van der Waals surface area contributed by atoms with Gasteiger partial charge >= 0.3 is 0 Å². The molecule has 1 fully saturated rings. The number of hydrogen-bond acceptors (Lipinski definition) is 3. The van der Waals surface area contributed by atoms with Crippen LogP contribution in [0.2, 0.25) is 0 Å². The molecule has 0 saturated heterocycles. The molecule has 1 saturated carbocycles. The van der Waals surface area contributed by atoms with Crippen molar-refractivity contribution in [1.82, 2.24) is 10.3 Å². The fraction of sp³-hybridized carbons (Fsp3) is 0.333. The summed E-state index contributed by atoms with van der Waals surface area (Å²) in [4.78, 5) is 4.27. The number of aromatic nitrogens is 1. The highest BCUT2D eigenvalue weighted by atomic mass is 32.1. The van der Waals surface area contributed by atoms with Crippen molar-refractivity contribution in [3.8, 4) is 5.75 Å². The van der Waals surface area contributed by atoms with E-state index in [2.05, 4.69) is 21.7 Å². The van der Waals surface area contributed by atoms with Crippen LogP contribution >= 0.6 is 12.2 Å². The molecule has 1 aromatic carbocycles. The van der Waals surface area contributed by atoms with Gasteiger partial charge in [-0.05, 0) is 48.8 Å². The molecule has 0 atom stereocenters. The van der Waals surface area contributed by atoms with Crippen molar-refractivity contribution in [2.24, 2.45) is 0 Å². The molecular formula is C18H21N3OS. The maximum atomic E-state index is 5.54. The van der Waals surface area contributed by atoms with Gasteiger partial charge in [0.25, 0.3) is 0 Å². The Hall–Kier alpha value is -2.14. The lowest BCUT2D eigenvalue weighted by atomic mass is 9.89. The maximum absolute atomic E-state index is 5.54. The Morgan fingerprint density at radius 1 is 1.22 bits per heavy atom. The number of methoxy groups -OCH3 is 1. The van der Waals surface area contributed by atoms with Gasteiger partial charge in [-0.3, -0.25) is 4.98 Å². The van der Waals surface area contributed by atoms with Gasteiger partial charge in [-0.25, -0.2) is 0 Å². The molecule has 5 heteroatoms. The van der Waals surface area contributed by atoms with E-state index < -0.39 is 0 Å². The molecule has 23 heavy (non-hydrogen) atoms. The van der Waals surface area contributed by atoms with Crippen LogP contribution in [0.3, 0.4) is 0 Å². The van der Waals surface area contributed by atoms with Crippen molar-refractivity contribution in [2.75, 3.05) is 12.4 Å². The Morgan fingerprint density at radius 2 is 2.04 bits per heavy atom. The molecule has 1 aliphatic carbocycles. The Morgan fingerprint density at radius 3 is 2.74 bits per heavy atom. The highest BCUT2D eigenvalue weighted by molar-refractivity contribution is 7.80. The number of rotatable bonds is 4. The first-order chi connectivity index (χ1) is 11.2. The fourth-order valence-corrected chi connectivity index (χ4v) is 3.50. The molecule has 0 unspecified atom stereocenters. The Balaban J connectivity index is 1.74. The molecule has 2 N–H and O–H groups in total. The first-order valence-corrected chi connectivity index (χ1v) is 8.26. The van der Waals surface area contributed by atoms with Crippen LogP contribution < -0.4 is 15.4 Å². The molecule has 1 heterocycles. The standard InChI is InChI=1S/C18H21N3OS/c1-22-16-8-4-7-15(12-16)20-17(23)21-18(9-2-3-10-18)14-6-5-11-19-13-14/h4-8,11-13H,2-3,9-10H2,1H3,(H2,20,21,23). The molecule has 0 amide bonds. The Kier molecular flexibility index (Phi) is 4.76. The average molecular weight is 327 g/mol. The molecule has 0 spiro atoms. The van der Waals surface area contributed by atoms with E-state index in [9.17, 15) is 0 Å². The van der Waals surface area contributed by atoms with Crippen molar-refractivity contribution < 1.29 is 4.74 Å². The minimum absolute atomic E-state index is 0.114. The summed E-state index contributed by atoms with van der Waals surface area (Å²) in [6.07, 6.45) is 8.27. The van der Waals surface area contributed by atoms with Gasteiger partial charge in [0, 0.05) is 24.1 Å². The normalized spacial score (nSPS) is 15.9. The molecule has 0 radical (unpaired) electrons. The summed E-state index contributed by atoms with van der Waals surface area (Å²) in [6.45, 7) is 0. The number of nitrogens with one attached hydrogen (secondary N) is 2. The third-order valence-electron chi connectivity index (χ3n) is 4.35. The molecular weight excluding hydrogens is 306 g/mol. The van der Waals surface area contributed by atoms with Gasteiger partial charge in [-0.1, -0.05) is 25.0 Å². The highest BCUT2D eigenvalue weighted by Gasteiger charge is 2.36. The molecule has 0 aliphatic heterocycles. The van der Waals surface area contributed by atoms with E-state index in [1.54, 1.807) is 13.3 Å². The maximum Gasteiger partial charge on any atom is 0.171 e. The van der Waals surface area contributed by atoms with E-state index in [1.165, 1.54) is 18.4 Å². The minimum Gasteiger partial charge on any atom is -0.497 e. The Labute approximate surface area is 142 Å². The number of pyridine rings is 1. The summed E-state index contributed by atoms with van der Waals surface area (Å²) in [7, 11) is 1.66. The lowest BCUT2D eigenvalue weighted by Crippen LogP contribution is -2.45. The van der Waals surface area contributed by atoms with Gasteiger partial charge in [0.1, 0.15) is 5.75 Å². The van der Waals surface area contributed by atoms with Gasteiger partial charge in [0.05, 0.1) is 12.6 Å². The van der Waals surface area contributed by atoms with Gasteiger partial charge < -0.3 is 15.4 Å². The predicted octanol–water partition coefficient (Wildman–Crippen LogP) is 3.85. The first kappa shape index (κ1) is 15.7. The van der Waals surface area contributed by atoms with E-state index in [0.29, 0.717) is 5.11 Å². The quantitative estimate of drug-likeness (QED) is 0.835. The van der Waals surface area contributed by atoms with Crippen LogP contribution in [0.5, 0.6) is 5.75 Å². The summed E-state index contributed by atoms with van der Waals surface area (Å²) in [5.74, 6) is 0.806. The SMILES string of the molecule is COc1cccc(NC(=S)NC2(c3cccnc3)CCCC2)c1. The van der Waals surface area contributed by atoms with Gasteiger partial charge in [-0.15, -0.1) is 0 Å². The largest absolute Gasteiger partial charge is 0.497 e. The fourth-order valence-electron chi connectivity index (χ4n) is 3.19. The highest BCUT2D eigenvalue weighted by Crippen LogP contribution is 2.38. The summed E-state index contributed by atoms with van der Waals surface area (Å²) in [5.41, 5.74) is 2.01. The van der Waals surface area contributed by atoms with Gasteiger partial charge in [-0.2, -0.15) is 0 Å². The zero-order valence-electron chi connectivity index (χ0n) is 13.2. The van der Waals surface area contributed by atoms with Crippen molar-refractivity contribution in [2.45, 2.75) is 31.2 Å². The first-order valence-electron chi connectivity index (χ1n) is 7.86. The van der Waals surface area contributed by atoms with Crippen molar-refractivity contribution in [3.05, 3.63) is 54.4 Å². The summed E-state index contributed by atoms with van der Waals surface area (Å²) in [5, 5.41) is 7.42. The van der Waals surface area contributed by atoms with E-state index >= 15 is 0 Å². The summed E-state index contributed by atoms with van der Waals surface area (Å²) in [6, 6.07) is 11.9. The van der Waals surface area contributed by atoms with E-state index in [1.807, 2.05) is 36.5 Å². The molecule has 4 nitrogen and oxygen atoms in total. The third-order valence-corrected chi connectivity index (χ3v) is 4.56. The monoisotopic (exact) mass is 327 g/mol. The number of hydrogen-bond donors (Lipinski definition) is 2. The van der Waals surface area contributed by atoms with Crippen LogP contribution in [-0.4, -0.2) is 17.2 Å². The van der Waals surface area contributed by atoms with Crippen LogP contribution in [0.4, 0.5) is 5.69 Å². The van der Waals surface area contributed by atoms with Crippen LogP contribution in [0, 0.1) is 0 Å².